The van der Waals surface area contributed by atoms with Gasteiger partial charge >= 0.3 is 0 Å². The highest BCUT2D eigenvalue weighted by Crippen LogP contribution is 2.26. The Labute approximate surface area is 123 Å². The van der Waals surface area contributed by atoms with Crippen LogP contribution in [0.4, 0.5) is 5.69 Å². The van der Waals surface area contributed by atoms with Crippen LogP contribution >= 0.6 is 0 Å². The third-order valence-electron chi connectivity index (χ3n) is 4.29. The van der Waals surface area contributed by atoms with Crippen LogP contribution in [0.2, 0.25) is 0 Å². The van der Waals surface area contributed by atoms with E-state index in [0.717, 1.165) is 31.8 Å². The van der Waals surface area contributed by atoms with Gasteiger partial charge in [0.1, 0.15) is 0 Å². The number of hydrogen-bond acceptors (Lipinski definition) is 3. The van der Waals surface area contributed by atoms with E-state index in [1.807, 2.05) is 0 Å². The largest absolute Gasteiger partial charge is 0.378 e. The van der Waals surface area contributed by atoms with Crippen molar-refractivity contribution in [2.45, 2.75) is 39.2 Å². The van der Waals surface area contributed by atoms with Crippen molar-refractivity contribution in [3.05, 3.63) is 29.8 Å². The van der Waals surface area contributed by atoms with Gasteiger partial charge in [-0.05, 0) is 37.8 Å². The zero-order valence-electron chi connectivity index (χ0n) is 13.2. The van der Waals surface area contributed by atoms with Crippen LogP contribution in [0.15, 0.2) is 24.3 Å². The fourth-order valence-electron chi connectivity index (χ4n) is 3.00. The molecule has 1 aliphatic rings. The van der Waals surface area contributed by atoms with E-state index >= 15 is 0 Å². The number of likely N-dealkylation sites (tertiary alicyclic amines) is 1. The van der Waals surface area contributed by atoms with Crippen LogP contribution in [0.5, 0.6) is 0 Å². The zero-order chi connectivity index (χ0) is 14.6. The lowest BCUT2D eigenvalue weighted by molar-refractivity contribution is 0.161. The van der Waals surface area contributed by atoms with E-state index in [1.54, 1.807) is 0 Å². The first kappa shape index (κ1) is 15.3. The van der Waals surface area contributed by atoms with Crippen LogP contribution in [-0.4, -0.2) is 36.6 Å². The second kappa shape index (κ2) is 6.59. The maximum Gasteiger partial charge on any atom is 0.0520 e. The molecule has 0 spiro atoms. The minimum atomic E-state index is 0.0722. The highest BCUT2D eigenvalue weighted by Gasteiger charge is 2.33. The molecule has 1 aromatic rings. The number of nitrogens with one attached hydrogen (secondary N) is 1. The molecule has 2 rings (SSSR count). The van der Waals surface area contributed by atoms with Gasteiger partial charge in [-0.15, -0.1) is 0 Å². The Morgan fingerprint density at radius 2 is 1.80 bits per heavy atom. The standard InChI is InChI=1S/C17H29N3/c1-14(2)12-20-10-8-17(13-18,9-11-20)19-16-6-4-15(3)5-7-16/h4-7,14,19H,8-13,18H2,1-3H3. The van der Waals surface area contributed by atoms with Crippen LogP contribution < -0.4 is 11.1 Å². The van der Waals surface area contributed by atoms with Gasteiger partial charge in [0.25, 0.3) is 0 Å². The number of hydrogen-bond donors (Lipinski definition) is 2. The van der Waals surface area contributed by atoms with Crippen LogP contribution in [-0.2, 0) is 0 Å². The number of rotatable bonds is 5. The monoisotopic (exact) mass is 275 g/mol. The fourth-order valence-corrected chi connectivity index (χ4v) is 3.00. The predicted octanol–water partition coefficient (Wildman–Crippen LogP) is 2.86. The molecule has 0 radical (unpaired) electrons. The van der Waals surface area contributed by atoms with Crippen LogP contribution in [0.25, 0.3) is 0 Å². The molecular formula is C17H29N3. The van der Waals surface area contributed by atoms with E-state index in [1.165, 1.54) is 17.8 Å². The molecule has 112 valence electrons. The lowest BCUT2D eigenvalue weighted by Crippen LogP contribution is -2.54. The first-order valence-electron chi connectivity index (χ1n) is 7.80. The average molecular weight is 275 g/mol. The Bertz CT molecular complexity index is 403. The summed E-state index contributed by atoms with van der Waals surface area (Å²) in [7, 11) is 0. The summed E-state index contributed by atoms with van der Waals surface area (Å²) >= 11 is 0. The molecule has 1 fully saturated rings. The van der Waals surface area contributed by atoms with Gasteiger partial charge in [0.05, 0.1) is 5.54 Å². The highest BCUT2D eigenvalue weighted by molar-refractivity contribution is 5.47. The van der Waals surface area contributed by atoms with Crippen molar-refractivity contribution in [3.8, 4) is 0 Å². The normalized spacial score (nSPS) is 19.2. The zero-order valence-corrected chi connectivity index (χ0v) is 13.2. The summed E-state index contributed by atoms with van der Waals surface area (Å²) < 4.78 is 0. The van der Waals surface area contributed by atoms with Crippen LogP contribution in [0.3, 0.4) is 0 Å². The summed E-state index contributed by atoms with van der Waals surface area (Å²) in [6.45, 7) is 10.9. The Morgan fingerprint density at radius 3 is 2.30 bits per heavy atom. The van der Waals surface area contributed by atoms with E-state index in [0.29, 0.717) is 6.54 Å². The van der Waals surface area contributed by atoms with Gasteiger partial charge in [-0.25, -0.2) is 0 Å². The minimum absolute atomic E-state index is 0.0722. The second-order valence-electron chi connectivity index (χ2n) is 6.67. The van der Waals surface area contributed by atoms with Gasteiger partial charge in [0.2, 0.25) is 0 Å². The molecule has 0 saturated carbocycles. The molecule has 20 heavy (non-hydrogen) atoms. The van der Waals surface area contributed by atoms with Gasteiger partial charge in [-0.2, -0.15) is 0 Å². The Hall–Kier alpha value is -1.06. The average Bonchev–Trinajstić information content (AvgIpc) is 2.43. The first-order valence-corrected chi connectivity index (χ1v) is 7.80. The molecular weight excluding hydrogens is 246 g/mol. The maximum absolute atomic E-state index is 6.08. The maximum atomic E-state index is 6.08. The molecule has 3 heteroatoms. The molecule has 0 unspecified atom stereocenters. The van der Waals surface area contributed by atoms with Crippen molar-refractivity contribution in [1.29, 1.82) is 0 Å². The van der Waals surface area contributed by atoms with Crippen LogP contribution in [0, 0.1) is 12.8 Å². The quantitative estimate of drug-likeness (QED) is 0.868. The van der Waals surface area contributed by atoms with Crippen molar-refractivity contribution >= 4 is 5.69 Å². The van der Waals surface area contributed by atoms with E-state index in [2.05, 4.69) is 55.3 Å². The molecule has 0 atom stereocenters. The van der Waals surface area contributed by atoms with Gasteiger partial charge in [0.15, 0.2) is 0 Å². The minimum Gasteiger partial charge on any atom is -0.378 e. The Balaban J connectivity index is 1.96. The van der Waals surface area contributed by atoms with Crippen molar-refractivity contribution in [3.63, 3.8) is 0 Å². The van der Waals surface area contributed by atoms with Gasteiger partial charge in [0, 0.05) is 31.9 Å². The molecule has 1 aliphatic heterocycles. The van der Waals surface area contributed by atoms with Crippen molar-refractivity contribution in [2.75, 3.05) is 31.5 Å². The highest BCUT2D eigenvalue weighted by atomic mass is 15.2. The van der Waals surface area contributed by atoms with E-state index in [9.17, 15) is 0 Å². The third-order valence-corrected chi connectivity index (χ3v) is 4.29. The van der Waals surface area contributed by atoms with Crippen molar-refractivity contribution in [1.82, 2.24) is 4.90 Å². The molecule has 1 aromatic carbocycles. The second-order valence-corrected chi connectivity index (χ2v) is 6.67. The summed E-state index contributed by atoms with van der Waals surface area (Å²) in [5, 5.41) is 3.69. The lowest BCUT2D eigenvalue weighted by atomic mass is 9.86. The number of piperidine rings is 1. The van der Waals surface area contributed by atoms with Crippen LogP contribution in [0.1, 0.15) is 32.3 Å². The summed E-state index contributed by atoms with van der Waals surface area (Å²) in [6, 6.07) is 8.63. The summed E-state index contributed by atoms with van der Waals surface area (Å²) in [6.07, 6.45) is 2.26. The third kappa shape index (κ3) is 3.97. The molecule has 0 bridgehead atoms. The molecule has 0 aliphatic carbocycles. The summed E-state index contributed by atoms with van der Waals surface area (Å²) in [5.74, 6) is 0.741. The molecule has 0 amide bonds. The number of nitrogens with two attached hydrogens (primary N) is 1. The van der Waals surface area contributed by atoms with Crippen molar-refractivity contribution < 1.29 is 0 Å². The molecule has 3 N–H and O–H groups in total. The van der Waals surface area contributed by atoms with E-state index in [4.69, 9.17) is 5.73 Å². The smallest absolute Gasteiger partial charge is 0.0520 e. The van der Waals surface area contributed by atoms with Gasteiger partial charge < -0.3 is 16.0 Å². The summed E-state index contributed by atoms with van der Waals surface area (Å²) in [5.41, 5.74) is 8.64. The van der Waals surface area contributed by atoms with E-state index in [-0.39, 0.29) is 5.54 Å². The fraction of sp³-hybridized carbons (Fsp3) is 0.647. The lowest BCUT2D eigenvalue weighted by Gasteiger charge is -2.43. The number of aryl methyl sites for hydroxylation is 1. The Kier molecular flexibility index (Phi) is 5.06. The number of benzene rings is 1. The number of nitrogens with zero attached hydrogens (tertiary/aromatic N) is 1. The van der Waals surface area contributed by atoms with E-state index < -0.39 is 0 Å². The molecule has 0 aromatic heterocycles. The molecule has 1 heterocycles. The summed E-state index contributed by atoms with van der Waals surface area (Å²) in [4.78, 5) is 2.56. The molecule has 1 saturated heterocycles. The topological polar surface area (TPSA) is 41.3 Å². The predicted molar refractivity (Wildman–Crippen MR) is 87.1 cm³/mol. The number of anilines is 1. The van der Waals surface area contributed by atoms with Gasteiger partial charge in [-0.1, -0.05) is 31.5 Å². The van der Waals surface area contributed by atoms with Crippen molar-refractivity contribution in [2.24, 2.45) is 11.7 Å². The first-order chi connectivity index (χ1) is 9.53. The molecule has 3 nitrogen and oxygen atoms in total. The van der Waals surface area contributed by atoms with Gasteiger partial charge in [-0.3, -0.25) is 0 Å². The SMILES string of the molecule is Cc1ccc(NC2(CN)CCN(CC(C)C)CC2)cc1. The Morgan fingerprint density at radius 1 is 1.20 bits per heavy atom.